The van der Waals surface area contributed by atoms with E-state index in [4.69, 9.17) is 4.74 Å². The Morgan fingerprint density at radius 2 is 1.69 bits per heavy atom. The molecule has 0 saturated carbocycles. The number of nitrogens with zero attached hydrogens (tertiary/aromatic N) is 1. The van der Waals surface area contributed by atoms with Crippen molar-refractivity contribution >= 4 is 5.91 Å². The zero-order valence-electron chi connectivity index (χ0n) is 17.8. The van der Waals surface area contributed by atoms with Gasteiger partial charge in [-0.25, -0.2) is 0 Å². The number of hydrogen-bond acceptors (Lipinski definition) is 3. The second-order valence-electron chi connectivity index (χ2n) is 8.51. The molecule has 0 atom stereocenters. The zero-order chi connectivity index (χ0) is 20.5. The van der Waals surface area contributed by atoms with Gasteiger partial charge in [0.25, 0.3) is 0 Å². The Labute approximate surface area is 175 Å². The summed E-state index contributed by atoms with van der Waals surface area (Å²) >= 11 is 0. The third-order valence-corrected chi connectivity index (χ3v) is 5.60. The standard InChI is InChI=1S/C25H34N2O2/c1-20(2)12-15-27-16-13-21(14-17-27)18-25(28)26-19-22-8-10-24(11-9-22)29-23-6-4-3-5-7-23/h3-11,20-21H,12-19H2,1-2H3,(H,26,28). The van der Waals surface area contributed by atoms with E-state index in [2.05, 4.69) is 24.1 Å². The van der Waals surface area contributed by atoms with Crippen LogP contribution in [0.4, 0.5) is 0 Å². The van der Waals surface area contributed by atoms with E-state index >= 15 is 0 Å². The highest BCUT2D eigenvalue weighted by Gasteiger charge is 2.21. The van der Waals surface area contributed by atoms with Crippen LogP contribution in [0.1, 0.15) is 45.1 Å². The van der Waals surface area contributed by atoms with Crippen LogP contribution in [0.15, 0.2) is 54.6 Å². The third kappa shape index (κ3) is 7.54. The summed E-state index contributed by atoms with van der Waals surface area (Å²) in [5.41, 5.74) is 1.09. The highest BCUT2D eigenvalue weighted by atomic mass is 16.5. The van der Waals surface area contributed by atoms with Crippen molar-refractivity contribution in [1.82, 2.24) is 10.2 Å². The quantitative estimate of drug-likeness (QED) is 0.632. The van der Waals surface area contributed by atoms with Gasteiger partial charge in [-0.05, 0) is 80.6 Å². The number of likely N-dealkylation sites (tertiary alicyclic amines) is 1. The number of hydrogen-bond donors (Lipinski definition) is 1. The zero-order valence-corrected chi connectivity index (χ0v) is 17.8. The molecule has 0 aromatic heterocycles. The lowest BCUT2D eigenvalue weighted by Crippen LogP contribution is -2.36. The van der Waals surface area contributed by atoms with Crippen LogP contribution in [0.3, 0.4) is 0 Å². The van der Waals surface area contributed by atoms with Gasteiger partial charge in [0.1, 0.15) is 11.5 Å². The molecule has 0 radical (unpaired) electrons. The molecule has 4 nitrogen and oxygen atoms in total. The number of carbonyl (C=O) groups excluding carboxylic acids is 1. The summed E-state index contributed by atoms with van der Waals surface area (Å²) in [6, 6.07) is 17.6. The lowest BCUT2D eigenvalue weighted by Gasteiger charge is -2.32. The number of carbonyl (C=O) groups is 1. The minimum absolute atomic E-state index is 0.162. The van der Waals surface area contributed by atoms with Crippen molar-refractivity contribution in [2.45, 2.75) is 46.1 Å². The summed E-state index contributed by atoms with van der Waals surface area (Å²) in [7, 11) is 0. The molecule has 156 valence electrons. The van der Waals surface area contributed by atoms with Gasteiger partial charge in [0.05, 0.1) is 0 Å². The molecule has 1 N–H and O–H groups in total. The molecule has 29 heavy (non-hydrogen) atoms. The van der Waals surface area contributed by atoms with Crippen molar-refractivity contribution in [2.24, 2.45) is 11.8 Å². The van der Waals surface area contributed by atoms with Gasteiger partial charge >= 0.3 is 0 Å². The molecular weight excluding hydrogens is 360 g/mol. The SMILES string of the molecule is CC(C)CCN1CCC(CC(=O)NCc2ccc(Oc3ccccc3)cc2)CC1. The fourth-order valence-corrected chi connectivity index (χ4v) is 3.69. The molecule has 0 spiro atoms. The maximum atomic E-state index is 12.3. The fraction of sp³-hybridized carbons (Fsp3) is 0.480. The highest BCUT2D eigenvalue weighted by Crippen LogP contribution is 2.22. The van der Waals surface area contributed by atoms with Gasteiger partial charge in [-0.3, -0.25) is 4.79 Å². The number of para-hydroxylation sites is 1. The monoisotopic (exact) mass is 394 g/mol. The van der Waals surface area contributed by atoms with Crippen LogP contribution in [0.2, 0.25) is 0 Å². The van der Waals surface area contributed by atoms with Crippen molar-refractivity contribution in [3.05, 3.63) is 60.2 Å². The number of nitrogens with one attached hydrogen (secondary N) is 1. The van der Waals surface area contributed by atoms with Crippen LogP contribution in [-0.4, -0.2) is 30.4 Å². The molecule has 3 rings (SSSR count). The number of rotatable bonds is 9. The van der Waals surface area contributed by atoms with Crippen LogP contribution in [0.25, 0.3) is 0 Å². The van der Waals surface area contributed by atoms with E-state index in [9.17, 15) is 4.79 Å². The third-order valence-electron chi connectivity index (χ3n) is 5.60. The van der Waals surface area contributed by atoms with Crippen LogP contribution >= 0.6 is 0 Å². The molecule has 1 saturated heterocycles. The molecule has 2 aromatic rings. The van der Waals surface area contributed by atoms with Crippen molar-refractivity contribution in [2.75, 3.05) is 19.6 Å². The smallest absolute Gasteiger partial charge is 0.220 e. The van der Waals surface area contributed by atoms with Gasteiger partial charge in [-0.2, -0.15) is 0 Å². The van der Waals surface area contributed by atoms with Crippen molar-refractivity contribution in [1.29, 1.82) is 0 Å². The van der Waals surface area contributed by atoms with Crippen molar-refractivity contribution in [3.63, 3.8) is 0 Å². The number of benzene rings is 2. The molecule has 0 bridgehead atoms. The van der Waals surface area contributed by atoms with Gasteiger partial charge in [0.15, 0.2) is 0 Å². The van der Waals surface area contributed by atoms with E-state index in [0.717, 1.165) is 48.9 Å². The fourth-order valence-electron chi connectivity index (χ4n) is 3.69. The van der Waals surface area contributed by atoms with E-state index in [1.165, 1.54) is 13.0 Å². The van der Waals surface area contributed by atoms with E-state index in [-0.39, 0.29) is 5.91 Å². The molecule has 2 aromatic carbocycles. The normalized spacial score (nSPS) is 15.4. The molecule has 0 aliphatic carbocycles. The first-order valence-electron chi connectivity index (χ1n) is 10.9. The first kappa shape index (κ1) is 21.4. The van der Waals surface area contributed by atoms with E-state index in [0.29, 0.717) is 18.9 Å². The number of amides is 1. The Morgan fingerprint density at radius 1 is 1.03 bits per heavy atom. The van der Waals surface area contributed by atoms with Crippen LogP contribution in [0.5, 0.6) is 11.5 Å². The summed E-state index contributed by atoms with van der Waals surface area (Å²) in [6.45, 7) is 8.58. The van der Waals surface area contributed by atoms with Crippen LogP contribution in [-0.2, 0) is 11.3 Å². The molecule has 0 unspecified atom stereocenters. The predicted octanol–water partition coefficient (Wildman–Crippen LogP) is 5.24. The Bertz CT molecular complexity index is 735. The molecule has 1 aliphatic rings. The van der Waals surface area contributed by atoms with E-state index < -0.39 is 0 Å². The number of piperidine rings is 1. The summed E-state index contributed by atoms with van der Waals surface area (Å²) in [4.78, 5) is 14.9. The molecular formula is C25H34N2O2. The summed E-state index contributed by atoms with van der Waals surface area (Å²) in [6.07, 6.45) is 4.18. The molecule has 1 fully saturated rings. The average molecular weight is 395 g/mol. The van der Waals surface area contributed by atoms with E-state index in [1.807, 2.05) is 54.6 Å². The average Bonchev–Trinajstić information content (AvgIpc) is 2.73. The van der Waals surface area contributed by atoms with Gasteiger partial charge in [0, 0.05) is 13.0 Å². The van der Waals surface area contributed by atoms with Gasteiger partial charge in [0.2, 0.25) is 5.91 Å². The summed E-state index contributed by atoms with van der Waals surface area (Å²) in [5.74, 6) is 3.07. The van der Waals surface area contributed by atoms with Crippen molar-refractivity contribution in [3.8, 4) is 11.5 Å². The molecule has 1 amide bonds. The first-order chi connectivity index (χ1) is 14.1. The second-order valence-corrected chi connectivity index (χ2v) is 8.51. The maximum absolute atomic E-state index is 12.3. The minimum Gasteiger partial charge on any atom is -0.457 e. The Morgan fingerprint density at radius 3 is 2.34 bits per heavy atom. The lowest BCUT2D eigenvalue weighted by molar-refractivity contribution is -0.122. The Balaban J connectivity index is 1.35. The molecule has 4 heteroatoms. The maximum Gasteiger partial charge on any atom is 0.220 e. The topological polar surface area (TPSA) is 41.6 Å². The van der Waals surface area contributed by atoms with Crippen LogP contribution < -0.4 is 10.1 Å². The molecule has 1 heterocycles. The highest BCUT2D eigenvalue weighted by molar-refractivity contribution is 5.76. The number of ether oxygens (including phenoxy) is 1. The van der Waals surface area contributed by atoms with Gasteiger partial charge in [-0.1, -0.05) is 44.2 Å². The largest absolute Gasteiger partial charge is 0.457 e. The lowest BCUT2D eigenvalue weighted by atomic mass is 9.93. The Kier molecular flexibility index (Phi) is 8.12. The summed E-state index contributed by atoms with van der Waals surface area (Å²) in [5, 5.41) is 3.07. The minimum atomic E-state index is 0.162. The second kappa shape index (κ2) is 11.0. The van der Waals surface area contributed by atoms with Crippen LogP contribution in [0, 0.1) is 11.8 Å². The first-order valence-corrected chi connectivity index (χ1v) is 10.9. The molecule has 1 aliphatic heterocycles. The van der Waals surface area contributed by atoms with Gasteiger partial charge < -0.3 is 15.0 Å². The van der Waals surface area contributed by atoms with Crippen molar-refractivity contribution < 1.29 is 9.53 Å². The summed E-state index contributed by atoms with van der Waals surface area (Å²) < 4.78 is 5.81. The predicted molar refractivity (Wildman–Crippen MR) is 118 cm³/mol. The van der Waals surface area contributed by atoms with Gasteiger partial charge in [-0.15, -0.1) is 0 Å². The Hall–Kier alpha value is -2.33. The van der Waals surface area contributed by atoms with E-state index in [1.54, 1.807) is 0 Å².